The molecular formula is C16H32N2O4. The maximum atomic E-state index is 11.5. The predicted octanol–water partition coefficient (Wildman–Crippen LogP) is 1.10. The van der Waals surface area contributed by atoms with Gasteiger partial charge in [-0.3, -0.25) is 9.59 Å². The maximum Gasteiger partial charge on any atom is 0.219 e. The number of carbonyl (C=O) groups excluding carboxylic acids is 2. The Morgan fingerprint density at radius 3 is 1.36 bits per heavy atom. The van der Waals surface area contributed by atoms with Crippen LogP contribution >= 0.6 is 0 Å². The topological polar surface area (TPSA) is 98.7 Å². The van der Waals surface area contributed by atoms with Gasteiger partial charge in [0.05, 0.1) is 0 Å². The van der Waals surface area contributed by atoms with Crippen LogP contribution in [0.15, 0.2) is 0 Å². The molecular weight excluding hydrogens is 284 g/mol. The fourth-order valence-corrected chi connectivity index (χ4v) is 2.03. The van der Waals surface area contributed by atoms with E-state index in [0.29, 0.717) is 25.9 Å². The third-order valence-electron chi connectivity index (χ3n) is 3.37. The summed E-state index contributed by atoms with van der Waals surface area (Å²) >= 11 is 0. The quantitative estimate of drug-likeness (QED) is 0.340. The Morgan fingerprint density at radius 2 is 1.00 bits per heavy atom. The first-order chi connectivity index (χ1) is 10.7. The van der Waals surface area contributed by atoms with Gasteiger partial charge in [0.2, 0.25) is 11.8 Å². The third-order valence-corrected chi connectivity index (χ3v) is 3.37. The van der Waals surface area contributed by atoms with Crippen molar-refractivity contribution in [2.75, 3.05) is 26.3 Å². The molecule has 0 bridgehead atoms. The average molecular weight is 316 g/mol. The summed E-state index contributed by atoms with van der Waals surface area (Å²) in [4.78, 5) is 22.9. The zero-order valence-corrected chi connectivity index (χ0v) is 13.6. The zero-order chi connectivity index (χ0) is 16.5. The standard InChI is InChI=1S/C16H32N2O4/c19-13-7-1-3-9-15(21)17-11-5-6-12-18-16(22)10-4-2-8-14-20/h19-20H,1-14H2,(H,17,21)(H,18,22). The summed E-state index contributed by atoms with van der Waals surface area (Å²) in [5.74, 6) is 0.122. The van der Waals surface area contributed by atoms with E-state index in [1.807, 2.05) is 0 Å². The summed E-state index contributed by atoms with van der Waals surface area (Å²) in [5, 5.41) is 23.0. The lowest BCUT2D eigenvalue weighted by molar-refractivity contribution is -0.122. The van der Waals surface area contributed by atoms with E-state index in [2.05, 4.69) is 10.6 Å². The molecule has 0 saturated carbocycles. The van der Waals surface area contributed by atoms with Crippen LogP contribution in [0.3, 0.4) is 0 Å². The Morgan fingerprint density at radius 1 is 0.591 bits per heavy atom. The Bertz CT molecular complexity index is 257. The zero-order valence-electron chi connectivity index (χ0n) is 13.6. The molecule has 0 rings (SSSR count). The fourth-order valence-electron chi connectivity index (χ4n) is 2.03. The lowest BCUT2D eigenvalue weighted by atomic mass is 10.2. The van der Waals surface area contributed by atoms with Gasteiger partial charge in [-0.1, -0.05) is 12.8 Å². The van der Waals surface area contributed by atoms with Crippen LogP contribution < -0.4 is 10.6 Å². The molecule has 0 aliphatic heterocycles. The van der Waals surface area contributed by atoms with Crippen molar-refractivity contribution >= 4 is 11.8 Å². The van der Waals surface area contributed by atoms with Crippen molar-refractivity contribution in [2.24, 2.45) is 0 Å². The average Bonchev–Trinajstić information content (AvgIpc) is 2.51. The summed E-state index contributed by atoms with van der Waals surface area (Å²) < 4.78 is 0. The third kappa shape index (κ3) is 15.3. The summed E-state index contributed by atoms with van der Waals surface area (Å²) in [6, 6.07) is 0. The van der Waals surface area contributed by atoms with Gasteiger partial charge in [-0.15, -0.1) is 0 Å². The van der Waals surface area contributed by atoms with Crippen molar-refractivity contribution in [3.8, 4) is 0 Å². The van der Waals surface area contributed by atoms with E-state index in [1.54, 1.807) is 0 Å². The molecule has 0 unspecified atom stereocenters. The molecule has 0 spiro atoms. The van der Waals surface area contributed by atoms with E-state index >= 15 is 0 Å². The first kappa shape index (κ1) is 20.9. The van der Waals surface area contributed by atoms with Crippen LogP contribution in [0, 0.1) is 0 Å². The molecule has 0 aromatic rings. The fraction of sp³-hybridized carbons (Fsp3) is 0.875. The van der Waals surface area contributed by atoms with Crippen LogP contribution in [-0.2, 0) is 9.59 Å². The van der Waals surface area contributed by atoms with Gasteiger partial charge in [-0.2, -0.15) is 0 Å². The van der Waals surface area contributed by atoms with E-state index in [9.17, 15) is 9.59 Å². The molecule has 2 amide bonds. The number of rotatable bonds is 15. The Labute approximate surface area is 133 Å². The van der Waals surface area contributed by atoms with Crippen molar-refractivity contribution in [1.82, 2.24) is 10.6 Å². The molecule has 0 aliphatic carbocycles. The van der Waals surface area contributed by atoms with Crippen LogP contribution in [-0.4, -0.2) is 48.3 Å². The highest BCUT2D eigenvalue weighted by molar-refractivity contribution is 5.76. The van der Waals surface area contributed by atoms with Gasteiger partial charge in [0.1, 0.15) is 0 Å². The van der Waals surface area contributed by atoms with E-state index in [0.717, 1.165) is 51.4 Å². The molecule has 0 aromatic carbocycles. The first-order valence-corrected chi connectivity index (χ1v) is 8.45. The van der Waals surface area contributed by atoms with Gasteiger partial charge < -0.3 is 20.8 Å². The number of hydrogen-bond acceptors (Lipinski definition) is 4. The SMILES string of the molecule is O=C(CCCCCO)NCCCCNC(=O)CCCCCO. The van der Waals surface area contributed by atoms with Crippen molar-refractivity contribution in [1.29, 1.82) is 0 Å². The van der Waals surface area contributed by atoms with Gasteiger partial charge in [0, 0.05) is 39.1 Å². The number of aliphatic hydroxyl groups excluding tert-OH is 2. The molecule has 0 atom stereocenters. The lowest BCUT2D eigenvalue weighted by Gasteiger charge is -2.06. The van der Waals surface area contributed by atoms with Crippen LogP contribution in [0.4, 0.5) is 0 Å². The molecule has 0 aromatic heterocycles. The van der Waals surface area contributed by atoms with Gasteiger partial charge in [0.25, 0.3) is 0 Å². The lowest BCUT2D eigenvalue weighted by Crippen LogP contribution is -2.27. The summed E-state index contributed by atoms with van der Waals surface area (Å²) in [6.45, 7) is 1.67. The number of hydrogen-bond donors (Lipinski definition) is 4. The molecule has 0 heterocycles. The smallest absolute Gasteiger partial charge is 0.219 e. The number of nitrogens with one attached hydrogen (secondary N) is 2. The number of unbranched alkanes of at least 4 members (excludes halogenated alkanes) is 5. The monoisotopic (exact) mass is 316 g/mol. The molecule has 0 fully saturated rings. The molecule has 0 radical (unpaired) electrons. The maximum absolute atomic E-state index is 11.5. The summed E-state index contributed by atoms with van der Waals surface area (Å²) in [6.07, 6.45) is 7.66. The molecule has 6 heteroatoms. The van der Waals surface area contributed by atoms with Crippen molar-refractivity contribution in [3.63, 3.8) is 0 Å². The molecule has 130 valence electrons. The van der Waals surface area contributed by atoms with Gasteiger partial charge in [-0.25, -0.2) is 0 Å². The van der Waals surface area contributed by atoms with Crippen molar-refractivity contribution < 1.29 is 19.8 Å². The van der Waals surface area contributed by atoms with Gasteiger partial charge in [0.15, 0.2) is 0 Å². The molecule has 4 N–H and O–H groups in total. The minimum absolute atomic E-state index is 0.0610. The van der Waals surface area contributed by atoms with Crippen LogP contribution in [0.2, 0.25) is 0 Å². The van der Waals surface area contributed by atoms with Crippen molar-refractivity contribution in [2.45, 2.75) is 64.2 Å². The number of carbonyl (C=O) groups is 2. The second kappa shape index (κ2) is 16.2. The predicted molar refractivity (Wildman–Crippen MR) is 86.4 cm³/mol. The largest absolute Gasteiger partial charge is 0.396 e. The normalized spacial score (nSPS) is 10.5. The van der Waals surface area contributed by atoms with E-state index in [4.69, 9.17) is 10.2 Å². The summed E-state index contributed by atoms with van der Waals surface area (Å²) in [7, 11) is 0. The second-order valence-electron chi connectivity index (χ2n) is 5.48. The Kier molecular flexibility index (Phi) is 15.4. The van der Waals surface area contributed by atoms with Crippen LogP contribution in [0.25, 0.3) is 0 Å². The highest BCUT2D eigenvalue weighted by atomic mass is 16.3. The van der Waals surface area contributed by atoms with E-state index < -0.39 is 0 Å². The summed E-state index contributed by atoms with van der Waals surface area (Å²) in [5.41, 5.74) is 0. The van der Waals surface area contributed by atoms with E-state index in [-0.39, 0.29) is 25.0 Å². The number of amides is 2. The van der Waals surface area contributed by atoms with Crippen LogP contribution in [0.1, 0.15) is 64.2 Å². The van der Waals surface area contributed by atoms with Crippen molar-refractivity contribution in [3.05, 3.63) is 0 Å². The highest BCUT2D eigenvalue weighted by Crippen LogP contribution is 2.00. The van der Waals surface area contributed by atoms with E-state index in [1.165, 1.54) is 0 Å². The van der Waals surface area contributed by atoms with Crippen LogP contribution in [0.5, 0.6) is 0 Å². The highest BCUT2D eigenvalue weighted by Gasteiger charge is 2.02. The Hall–Kier alpha value is -1.14. The minimum Gasteiger partial charge on any atom is -0.396 e. The molecule has 0 saturated heterocycles. The first-order valence-electron chi connectivity index (χ1n) is 8.45. The molecule has 0 aliphatic rings. The minimum atomic E-state index is 0.0610. The van der Waals surface area contributed by atoms with Gasteiger partial charge in [-0.05, 0) is 38.5 Å². The molecule has 22 heavy (non-hydrogen) atoms. The molecule has 6 nitrogen and oxygen atoms in total. The second-order valence-corrected chi connectivity index (χ2v) is 5.48. The van der Waals surface area contributed by atoms with Gasteiger partial charge >= 0.3 is 0 Å². The number of aliphatic hydroxyl groups is 2. The Balaban J connectivity index is 3.28.